The number of thiazole rings is 1. The van der Waals surface area contributed by atoms with Gasteiger partial charge < -0.3 is 9.88 Å². The lowest BCUT2D eigenvalue weighted by molar-refractivity contribution is 0.656. The highest BCUT2D eigenvalue weighted by Crippen LogP contribution is 2.16. The lowest BCUT2D eigenvalue weighted by Crippen LogP contribution is -2.18. The fraction of sp³-hybridized carbons (Fsp3) is 0.545. The van der Waals surface area contributed by atoms with E-state index in [4.69, 9.17) is 0 Å². The molecule has 1 N–H and O–H groups in total. The lowest BCUT2D eigenvalue weighted by Gasteiger charge is -2.03. The smallest absolute Gasteiger partial charge is 0.133 e. The Morgan fingerprint density at radius 1 is 1.41 bits per heavy atom. The van der Waals surface area contributed by atoms with Crippen LogP contribution in [0.1, 0.15) is 21.4 Å². The maximum absolute atomic E-state index is 4.41. The predicted molar refractivity (Wildman–Crippen MR) is 68.0 cm³/mol. The monoisotopic (exact) mass is 251 g/mol. The Hall–Kier alpha value is -1.27. The number of aryl methyl sites for hydroxylation is 3. The quantitative estimate of drug-likeness (QED) is 0.812. The maximum Gasteiger partial charge on any atom is 0.133 e. The van der Waals surface area contributed by atoms with Gasteiger partial charge in [0.15, 0.2) is 0 Å². The van der Waals surface area contributed by atoms with Gasteiger partial charge in [0, 0.05) is 31.4 Å². The van der Waals surface area contributed by atoms with Crippen molar-refractivity contribution in [2.75, 3.05) is 6.54 Å². The summed E-state index contributed by atoms with van der Waals surface area (Å²) in [7, 11) is 1.96. The van der Waals surface area contributed by atoms with Gasteiger partial charge >= 0.3 is 0 Å². The summed E-state index contributed by atoms with van der Waals surface area (Å²) in [6.07, 6.45) is 2.62. The number of hydrogen-bond acceptors (Lipinski definition) is 5. The molecule has 17 heavy (non-hydrogen) atoms. The Kier molecular flexibility index (Phi) is 3.86. The van der Waals surface area contributed by atoms with E-state index < -0.39 is 0 Å². The van der Waals surface area contributed by atoms with Crippen LogP contribution in [0.15, 0.2) is 6.33 Å². The second-order valence-corrected chi connectivity index (χ2v) is 5.31. The van der Waals surface area contributed by atoms with Gasteiger partial charge in [-0.1, -0.05) is 0 Å². The molecule has 0 aliphatic heterocycles. The molecule has 2 heterocycles. The topological polar surface area (TPSA) is 55.6 Å². The first-order chi connectivity index (χ1) is 8.16. The number of rotatable bonds is 5. The van der Waals surface area contributed by atoms with Crippen molar-refractivity contribution in [3.63, 3.8) is 0 Å². The summed E-state index contributed by atoms with van der Waals surface area (Å²) in [5.41, 5.74) is 1.14. The van der Waals surface area contributed by atoms with E-state index in [1.165, 1.54) is 4.88 Å². The molecule has 0 atom stereocenters. The molecular weight excluding hydrogens is 234 g/mol. The summed E-state index contributed by atoms with van der Waals surface area (Å²) in [5, 5.41) is 12.4. The Morgan fingerprint density at radius 2 is 2.24 bits per heavy atom. The number of hydrogen-bond donors (Lipinski definition) is 1. The van der Waals surface area contributed by atoms with E-state index in [9.17, 15) is 0 Å². The van der Waals surface area contributed by atoms with Gasteiger partial charge in [0.25, 0.3) is 0 Å². The number of nitrogens with zero attached hydrogens (tertiary/aromatic N) is 4. The van der Waals surface area contributed by atoms with Crippen molar-refractivity contribution in [1.29, 1.82) is 0 Å². The summed E-state index contributed by atoms with van der Waals surface area (Å²) in [6.45, 7) is 5.89. The minimum absolute atomic E-state index is 0.884. The molecular formula is C11H17N5S. The number of aromatic nitrogens is 4. The molecule has 0 amide bonds. The van der Waals surface area contributed by atoms with Crippen molar-refractivity contribution >= 4 is 11.3 Å². The summed E-state index contributed by atoms with van der Waals surface area (Å²) >= 11 is 1.76. The molecule has 0 fully saturated rings. The molecule has 2 aromatic heterocycles. The highest BCUT2D eigenvalue weighted by atomic mass is 32.1. The van der Waals surface area contributed by atoms with Crippen LogP contribution in [0.2, 0.25) is 0 Å². The van der Waals surface area contributed by atoms with E-state index in [-0.39, 0.29) is 0 Å². The SMILES string of the molecule is Cc1nc(C)c(CNCCc2nncn2C)s1. The highest BCUT2D eigenvalue weighted by molar-refractivity contribution is 7.11. The van der Waals surface area contributed by atoms with Crippen molar-refractivity contribution in [2.45, 2.75) is 26.8 Å². The summed E-state index contributed by atoms with van der Waals surface area (Å²) < 4.78 is 1.95. The fourth-order valence-corrected chi connectivity index (χ4v) is 2.58. The van der Waals surface area contributed by atoms with Crippen LogP contribution in [0, 0.1) is 13.8 Å². The van der Waals surface area contributed by atoms with E-state index in [0.717, 1.165) is 36.0 Å². The van der Waals surface area contributed by atoms with Gasteiger partial charge in [-0.25, -0.2) is 4.98 Å². The van der Waals surface area contributed by atoms with E-state index >= 15 is 0 Å². The normalized spacial score (nSPS) is 11.0. The Balaban J connectivity index is 1.77. The Labute approximate surface area is 105 Å². The second kappa shape index (κ2) is 5.37. The van der Waals surface area contributed by atoms with Crippen molar-refractivity contribution in [3.05, 3.63) is 27.7 Å². The molecule has 0 bridgehead atoms. The zero-order valence-electron chi connectivity index (χ0n) is 10.4. The van der Waals surface area contributed by atoms with Gasteiger partial charge in [0.05, 0.1) is 10.7 Å². The van der Waals surface area contributed by atoms with Gasteiger partial charge in [0.2, 0.25) is 0 Å². The zero-order chi connectivity index (χ0) is 12.3. The fourth-order valence-electron chi connectivity index (χ4n) is 1.67. The standard InChI is InChI=1S/C11H17N5S/c1-8-10(17-9(2)14-8)6-12-5-4-11-15-13-7-16(11)3/h7,12H,4-6H2,1-3H3. The summed E-state index contributed by atoms with van der Waals surface area (Å²) in [6, 6.07) is 0. The molecule has 0 saturated heterocycles. The molecule has 0 saturated carbocycles. The van der Waals surface area contributed by atoms with E-state index in [1.54, 1.807) is 17.7 Å². The molecule has 0 aliphatic rings. The highest BCUT2D eigenvalue weighted by Gasteiger charge is 2.04. The molecule has 0 unspecified atom stereocenters. The van der Waals surface area contributed by atoms with Gasteiger partial charge in [-0.3, -0.25) is 0 Å². The van der Waals surface area contributed by atoms with Gasteiger partial charge in [0.1, 0.15) is 12.2 Å². The zero-order valence-corrected chi connectivity index (χ0v) is 11.2. The van der Waals surface area contributed by atoms with Gasteiger partial charge in [-0.05, 0) is 13.8 Å². The molecule has 2 aromatic rings. The third-order valence-electron chi connectivity index (χ3n) is 2.62. The largest absolute Gasteiger partial charge is 0.321 e. The third kappa shape index (κ3) is 3.10. The molecule has 0 aliphatic carbocycles. The van der Waals surface area contributed by atoms with Crippen LogP contribution < -0.4 is 5.32 Å². The van der Waals surface area contributed by atoms with Crippen molar-refractivity contribution in [2.24, 2.45) is 7.05 Å². The third-order valence-corrected chi connectivity index (χ3v) is 3.69. The molecule has 5 nitrogen and oxygen atoms in total. The molecule has 2 rings (SSSR count). The van der Waals surface area contributed by atoms with Crippen LogP contribution in [-0.2, 0) is 20.0 Å². The first-order valence-electron chi connectivity index (χ1n) is 5.63. The first kappa shape index (κ1) is 12.2. The maximum atomic E-state index is 4.41. The van der Waals surface area contributed by atoms with Crippen LogP contribution in [0.5, 0.6) is 0 Å². The van der Waals surface area contributed by atoms with Crippen molar-refractivity contribution in [3.8, 4) is 0 Å². The summed E-state index contributed by atoms with van der Waals surface area (Å²) in [4.78, 5) is 5.73. The Bertz CT molecular complexity index is 488. The van der Waals surface area contributed by atoms with Crippen LogP contribution in [-0.4, -0.2) is 26.3 Å². The van der Waals surface area contributed by atoms with Crippen LogP contribution in [0.4, 0.5) is 0 Å². The molecule has 0 aromatic carbocycles. The minimum Gasteiger partial charge on any atom is -0.321 e. The van der Waals surface area contributed by atoms with Crippen LogP contribution in [0.3, 0.4) is 0 Å². The lowest BCUT2D eigenvalue weighted by atomic mass is 10.3. The molecule has 0 spiro atoms. The predicted octanol–water partition coefficient (Wildman–Crippen LogP) is 1.22. The van der Waals surface area contributed by atoms with Crippen molar-refractivity contribution in [1.82, 2.24) is 25.1 Å². The van der Waals surface area contributed by atoms with E-state index in [1.807, 2.05) is 18.5 Å². The number of nitrogens with one attached hydrogen (secondary N) is 1. The Morgan fingerprint density at radius 3 is 2.82 bits per heavy atom. The molecule has 0 radical (unpaired) electrons. The average molecular weight is 251 g/mol. The summed E-state index contributed by atoms with van der Waals surface area (Å²) in [5.74, 6) is 1.01. The van der Waals surface area contributed by atoms with Crippen LogP contribution in [0.25, 0.3) is 0 Å². The molecule has 6 heteroatoms. The average Bonchev–Trinajstić information content (AvgIpc) is 2.81. The van der Waals surface area contributed by atoms with E-state index in [0.29, 0.717) is 0 Å². The van der Waals surface area contributed by atoms with Gasteiger partial charge in [-0.15, -0.1) is 21.5 Å². The minimum atomic E-state index is 0.884. The van der Waals surface area contributed by atoms with Gasteiger partial charge in [-0.2, -0.15) is 0 Å². The van der Waals surface area contributed by atoms with Crippen LogP contribution >= 0.6 is 11.3 Å². The second-order valence-electron chi connectivity index (χ2n) is 4.03. The first-order valence-corrected chi connectivity index (χ1v) is 6.45. The van der Waals surface area contributed by atoms with Crippen molar-refractivity contribution < 1.29 is 0 Å². The molecule has 92 valence electrons. The van der Waals surface area contributed by atoms with E-state index in [2.05, 4.69) is 27.4 Å².